The Morgan fingerprint density at radius 2 is 2.36 bits per heavy atom. The van der Waals surface area contributed by atoms with Gasteiger partial charge in [-0.2, -0.15) is 5.26 Å². The zero-order chi connectivity index (χ0) is 10.6. The van der Waals surface area contributed by atoms with Gasteiger partial charge in [0.2, 0.25) is 0 Å². The standard InChI is InChI=1S/C11H21N3/c1-4-10(8-12)13-11-5-6-14(3)9(2)7-11/h9-11,13H,4-7H2,1-3H3. The first-order valence-electron chi connectivity index (χ1n) is 5.53. The molecule has 0 aliphatic carbocycles. The van der Waals surface area contributed by atoms with E-state index in [0.29, 0.717) is 12.1 Å². The molecule has 1 heterocycles. The number of nitriles is 1. The van der Waals surface area contributed by atoms with Crippen molar-refractivity contribution in [3.05, 3.63) is 0 Å². The molecule has 0 bridgehead atoms. The highest BCUT2D eigenvalue weighted by atomic mass is 15.1. The van der Waals surface area contributed by atoms with E-state index in [1.807, 2.05) is 0 Å². The fourth-order valence-corrected chi connectivity index (χ4v) is 1.97. The topological polar surface area (TPSA) is 39.1 Å². The minimum atomic E-state index is 0.0376. The molecule has 0 spiro atoms. The molecule has 14 heavy (non-hydrogen) atoms. The maximum absolute atomic E-state index is 8.85. The van der Waals surface area contributed by atoms with Crippen molar-refractivity contribution in [2.45, 2.75) is 51.2 Å². The smallest absolute Gasteiger partial charge is 0.0952 e. The Morgan fingerprint density at radius 3 is 2.86 bits per heavy atom. The number of hydrogen-bond acceptors (Lipinski definition) is 3. The van der Waals surface area contributed by atoms with Gasteiger partial charge in [-0.15, -0.1) is 0 Å². The molecule has 3 unspecified atom stereocenters. The molecule has 3 atom stereocenters. The van der Waals surface area contributed by atoms with Crippen LogP contribution in [0.3, 0.4) is 0 Å². The summed E-state index contributed by atoms with van der Waals surface area (Å²) in [5.41, 5.74) is 0. The van der Waals surface area contributed by atoms with Crippen LogP contribution in [0.1, 0.15) is 33.1 Å². The molecule has 1 rings (SSSR count). The van der Waals surface area contributed by atoms with Crippen LogP contribution in [-0.4, -0.2) is 36.6 Å². The van der Waals surface area contributed by atoms with Gasteiger partial charge < -0.3 is 4.90 Å². The van der Waals surface area contributed by atoms with E-state index in [1.54, 1.807) is 0 Å². The third kappa shape index (κ3) is 2.97. The summed E-state index contributed by atoms with van der Waals surface area (Å²) < 4.78 is 0. The van der Waals surface area contributed by atoms with Gasteiger partial charge in [0, 0.05) is 12.1 Å². The van der Waals surface area contributed by atoms with Crippen molar-refractivity contribution in [2.75, 3.05) is 13.6 Å². The van der Waals surface area contributed by atoms with E-state index < -0.39 is 0 Å². The van der Waals surface area contributed by atoms with Gasteiger partial charge in [0.25, 0.3) is 0 Å². The maximum Gasteiger partial charge on any atom is 0.0952 e. The zero-order valence-corrected chi connectivity index (χ0v) is 9.45. The van der Waals surface area contributed by atoms with Crippen molar-refractivity contribution in [1.29, 1.82) is 5.26 Å². The molecule has 0 aromatic carbocycles. The van der Waals surface area contributed by atoms with Crippen LogP contribution in [0.15, 0.2) is 0 Å². The minimum Gasteiger partial charge on any atom is -0.304 e. The average Bonchev–Trinajstić information content (AvgIpc) is 2.19. The van der Waals surface area contributed by atoms with Gasteiger partial charge in [0.15, 0.2) is 0 Å². The second-order valence-corrected chi connectivity index (χ2v) is 4.31. The summed E-state index contributed by atoms with van der Waals surface area (Å²) in [4.78, 5) is 2.38. The Labute approximate surface area is 87.1 Å². The van der Waals surface area contributed by atoms with E-state index in [4.69, 9.17) is 5.26 Å². The van der Waals surface area contributed by atoms with Crippen molar-refractivity contribution in [1.82, 2.24) is 10.2 Å². The molecule has 0 radical (unpaired) electrons. The summed E-state index contributed by atoms with van der Waals surface area (Å²) in [5, 5.41) is 12.3. The molecule has 1 aliphatic heterocycles. The maximum atomic E-state index is 8.85. The summed E-state index contributed by atoms with van der Waals surface area (Å²) in [5.74, 6) is 0. The Bertz CT molecular complexity index is 209. The van der Waals surface area contributed by atoms with E-state index in [1.165, 1.54) is 6.42 Å². The van der Waals surface area contributed by atoms with Crippen LogP contribution in [0, 0.1) is 11.3 Å². The summed E-state index contributed by atoms with van der Waals surface area (Å²) >= 11 is 0. The van der Waals surface area contributed by atoms with Gasteiger partial charge >= 0.3 is 0 Å². The lowest BCUT2D eigenvalue weighted by atomic mass is 9.98. The predicted molar refractivity (Wildman–Crippen MR) is 57.9 cm³/mol. The van der Waals surface area contributed by atoms with Gasteiger partial charge in [0.1, 0.15) is 0 Å². The number of nitrogens with zero attached hydrogens (tertiary/aromatic N) is 2. The highest BCUT2D eigenvalue weighted by Crippen LogP contribution is 2.15. The zero-order valence-electron chi connectivity index (χ0n) is 9.45. The highest BCUT2D eigenvalue weighted by molar-refractivity contribution is 4.93. The first-order chi connectivity index (χ1) is 6.67. The summed E-state index contributed by atoms with van der Waals surface area (Å²) in [6, 6.07) is 3.51. The normalized spacial score (nSPS) is 31.0. The average molecular weight is 195 g/mol. The van der Waals surface area contributed by atoms with Gasteiger partial charge in [-0.1, -0.05) is 6.92 Å². The highest BCUT2D eigenvalue weighted by Gasteiger charge is 2.23. The van der Waals surface area contributed by atoms with Crippen molar-refractivity contribution in [3.63, 3.8) is 0 Å². The van der Waals surface area contributed by atoms with Crippen LogP contribution in [0.2, 0.25) is 0 Å². The summed E-state index contributed by atoms with van der Waals surface area (Å²) in [6.07, 6.45) is 3.23. The third-order valence-corrected chi connectivity index (χ3v) is 3.21. The van der Waals surface area contributed by atoms with Crippen molar-refractivity contribution >= 4 is 0 Å². The van der Waals surface area contributed by atoms with Gasteiger partial charge in [-0.3, -0.25) is 5.32 Å². The molecule has 1 aliphatic rings. The van der Waals surface area contributed by atoms with Crippen LogP contribution in [0.4, 0.5) is 0 Å². The Kier molecular flexibility index (Phi) is 4.37. The molecule has 0 amide bonds. The van der Waals surface area contributed by atoms with Crippen molar-refractivity contribution < 1.29 is 0 Å². The lowest BCUT2D eigenvalue weighted by Crippen LogP contribution is -2.48. The Balaban J connectivity index is 2.36. The third-order valence-electron chi connectivity index (χ3n) is 3.21. The Hall–Kier alpha value is -0.590. The Morgan fingerprint density at radius 1 is 1.64 bits per heavy atom. The molecular weight excluding hydrogens is 174 g/mol. The number of rotatable bonds is 3. The molecule has 0 aromatic heterocycles. The van der Waals surface area contributed by atoms with E-state index in [-0.39, 0.29) is 6.04 Å². The largest absolute Gasteiger partial charge is 0.304 e. The molecule has 1 saturated heterocycles. The monoisotopic (exact) mass is 195 g/mol. The van der Waals surface area contributed by atoms with E-state index >= 15 is 0 Å². The predicted octanol–water partition coefficient (Wildman–Crippen LogP) is 1.36. The minimum absolute atomic E-state index is 0.0376. The second-order valence-electron chi connectivity index (χ2n) is 4.31. The van der Waals surface area contributed by atoms with Crippen LogP contribution < -0.4 is 5.32 Å². The molecule has 0 saturated carbocycles. The molecule has 3 heteroatoms. The van der Waals surface area contributed by atoms with Crippen LogP contribution in [0.5, 0.6) is 0 Å². The molecule has 80 valence electrons. The van der Waals surface area contributed by atoms with Crippen LogP contribution >= 0.6 is 0 Å². The molecular formula is C11H21N3. The number of likely N-dealkylation sites (tertiary alicyclic amines) is 1. The van der Waals surface area contributed by atoms with E-state index in [2.05, 4.69) is 37.2 Å². The fourth-order valence-electron chi connectivity index (χ4n) is 1.97. The van der Waals surface area contributed by atoms with Crippen molar-refractivity contribution in [2.24, 2.45) is 0 Å². The van der Waals surface area contributed by atoms with Crippen LogP contribution in [-0.2, 0) is 0 Å². The van der Waals surface area contributed by atoms with Gasteiger partial charge in [-0.25, -0.2) is 0 Å². The molecule has 0 aromatic rings. The number of hydrogen-bond donors (Lipinski definition) is 1. The van der Waals surface area contributed by atoms with E-state index in [0.717, 1.165) is 19.4 Å². The lowest BCUT2D eigenvalue weighted by Gasteiger charge is -2.36. The quantitative estimate of drug-likeness (QED) is 0.739. The van der Waals surface area contributed by atoms with Crippen molar-refractivity contribution in [3.8, 4) is 6.07 Å². The number of nitrogens with one attached hydrogen (secondary N) is 1. The van der Waals surface area contributed by atoms with Gasteiger partial charge in [0.05, 0.1) is 12.1 Å². The SMILES string of the molecule is CCC(C#N)NC1CCN(C)C(C)C1. The summed E-state index contributed by atoms with van der Waals surface area (Å²) in [7, 11) is 2.17. The first-order valence-corrected chi connectivity index (χ1v) is 5.53. The molecule has 3 nitrogen and oxygen atoms in total. The summed E-state index contributed by atoms with van der Waals surface area (Å²) in [6.45, 7) is 5.45. The fraction of sp³-hybridized carbons (Fsp3) is 0.909. The molecule has 1 N–H and O–H groups in total. The number of piperidine rings is 1. The second kappa shape index (κ2) is 5.33. The molecule has 1 fully saturated rings. The van der Waals surface area contributed by atoms with Gasteiger partial charge in [-0.05, 0) is 39.8 Å². The van der Waals surface area contributed by atoms with Crippen LogP contribution in [0.25, 0.3) is 0 Å². The first kappa shape index (κ1) is 11.5. The van der Waals surface area contributed by atoms with E-state index in [9.17, 15) is 0 Å². The lowest BCUT2D eigenvalue weighted by molar-refractivity contribution is 0.165.